The lowest BCUT2D eigenvalue weighted by atomic mass is 10.2. The molecular weight excluding hydrogens is 403 g/mol. The number of hydroxylamine groups is 2. The third-order valence-electron chi connectivity index (χ3n) is 4.41. The number of rotatable bonds is 5. The first-order chi connectivity index (χ1) is 12.7. The molecule has 0 radical (unpaired) electrons. The molecule has 2 aromatic rings. The Morgan fingerprint density at radius 2 is 1.75 bits per heavy atom. The van der Waals surface area contributed by atoms with E-state index in [2.05, 4.69) is 20.9 Å². The van der Waals surface area contributed by atoms with Crippen LogP contribution in [0.2, 0.25) is 0 Å². The highest BCUT2D eigenvalue weighted by Crippen LogP contribution is 2.17. The molecule has 0 spiro atoms. The molecule has 1 aromatic heterocycles. The molecule has 1 aliphatic heterocycles. The number of hydrogen-bond donors (Lipinski definition) is 0. The predicted molar refractivity (Wildman–Crippen MR) is 113 cm³/mol. The second kappa shape index (κ2) is 11.7. The number of halogens is 2. The zero-order valence-corrected chi connectivity index (χ0v) is 17.6. The maximum atomic E-state index is 11.7. The van der Waals surface area contributed by atoms with E-state index in [1.54, 1.807) is 12.1 Å². The van der Waals surface area contributed by atoms with Gasteiger partial charge in [-0.15, -0.1) is 24.8 Å². The summed E-state index contributed by atoms with van der Waals surface area (Å²) >= 11 is 0. The SMILES string of the molecule is CON(C)C(=O)Oc1ccc(CN2CCN(c3ccccn3)CC2)cc1.Cl.Cl. The lowest BCUT2D eigenvalue weighted by Gasteiger charge is -2.35. The first kappa shape index (κ1) is 24.0. The number of ether oxygens (including phenoxy) is 1. The van der Waals surface area contributed by atoms with E-state index >= 15 is 0 Å². The van der Waals surface area contributed by atoms with E-state index < -0.39 is 6.09 Å². The van der Waals surface area contributed by atoms with Gasteiger partial charge in [0.25, 0.3) is 0 Å². The van der Waals surface area contributed by atoms with Gasteiger partial charge in [-0.2, -0.15) is 5.06 Å². The Bertz CT molecular complexity index is 711. The van der Waals surface area contributed by atoms with Crippen LogP contribution in [-0.4, -0.2) is 61.4 Å². The van der Waals surface area contributed by atoms with Crippen molar-refractivity contribution in [3.8, 4) is 5.75 Å². The molecule has 9 heteroatoms. The highest BCUT2D eigenvalue weighted by Gasteiger charge is 2.18. The van der Waals surface area contributed by atoms with Gasteiger partial charge in [-0.05, 0) is 29.8 Å². The second-order valence-electron chi connectivity index (χ2n) is 6.14. The van der Waals surface area contributed by atoms with E-state index in [0.29, 0.717) is 5.75 Å². The Hall–Kier alpha value is -2.06. The first-order valence-electron chi connectivity index (χ1n) is 8.62. The summed E-state index contributed by atoms with van der Waals surface area (Å²) in [5, 5.41) is 1.04. The lowest BCUT2D eigenvalue weighted by molar-refractivity contribution is -0.0790. The van der Waals surface area contributed by atoms with Crippen molar-refractivity contribution in [1.29, 1.82) is 0 Å². The van der Waals surface area contributed by atoms with Crippen molar-refractivity contribution in [3.63, 3.8) is 0 Å². The topological polar surface area (TPSA) is 58.1 Å². The van der Waals surface area contributed by atoms with Gasteiger partial charge in [-0.1, -0.05) is 18.2 Å². The molecule has 3 rings (SSSR count). The van der Waals surface area contributed by atoms with Crippen LogP contribution in [0.4, 0.5) is 10.6 Å². The fraction of sp³-hybridized carbons (Fsp3) is 0.368. The molecule has 1 fully saturated rings. The third kappa shape index (κ3) is 6.53. The average molecular weight is 429 g/mol. The third-order valence-corrected chi connectivity index (χ3v) is 4.41. The molecule has 1 aromatic carbocycles. The Balaban J connectivity index is 0.00000196. The van der Waals surface area contributed by atoms with Crippen molar-refractivity contribution >= 4 is 36.7 Å². The maximum absolute atomic E-state index is 11.7. The van der Waals surface area contributed by atoms with Gasteiger partial charge < -0.3 is 9.64 Å². The molecule has 0 aliphatic carbocycles. The van der Waals surface area contributed by atoms with E-state index in [9.17, 15) is 4.79 Å². The molecule has 154 valence electrons. The van der Waals surface area contributed by atoms with E-state index in [0.717, 1.165) is 43.6 Å². The molecule has 0 atom stereocenters. The van der Waals surface area contributed by atoms with Crippen molar-refractivity contribution < 1.29 is 14.4 Å². The van der Waals surface area contributed by atoms with E-state index in [4.69, 9.17) is 9.57 Å². The molecule has 7 nitrogen and oxygen atoms in total. The number of anilines is 1. The molecular formula is C19H26Cl2N4O3. The van der Waals surface area contributed by atoms with Gasteiger partial charge in [0, 0.05) is 46.0 Å². The van der Waals surface area contributed by atoms with Crippen LogP contribution in [0, 0.1) is 0 Å². The first-order valence-corrected chi connectivity index (χ1v) is 8.62. The van der Waals surface area contributed by atoms with Gasteiger partial charge in [0.15, 0.2) is 0 Å². The second-order valence-corrected chi connectivity index (χ2v) is 6.14. The van der Waals surface area contributed by atoms with Crippen molar-refractivity contribution in [3.05, 3.63) is 54.2 Å². The number of amides is 1. The van der Waals surface area contributed by atoms with E-state index in [1.165, 1.54) is 19.7 Å². The zero-order chi connectivity index (χ0) is 18.4. The van der Waals surface area contributed by atoms with Crippen molar-refractivity contribution in [1.82, 2.24) is 14.9 Å². The minimum absolute atomic E-state index is 0. The van der Waals surface area contributed by atoms with Crippen LogP contribution in [0.15, 0.2) is 48.7 Å². The average Bonchev–Trinajstić information content (AvgIpc) is 2.70. The molecule has 0 saturated carbocycles. The summed E-state index contributed by atoms with van der Waals surface area (Å²) in [5.74, 6) is 1.54. The van der Waals surface area contributed by atoms with Gasteiger partial charge in [0.1, 0.15) is 11.6 Å². The number of aromatic nitrogens is 1. The smallest absolute Gasteiger partial charge is 0.409 e. The summed E-state index contributed by atoms with van der Waals surface area (Å²) in [5.41, 5.74) is 1.19. The van der Waals surface area contributed by atoms with Crippen LogP contribution in [0.25, 0.3) is 0 Å². The van der Waals surface area contributed by atoms with Crippen LogP contribution >= 0.6 is 24.8 Å². The van der Waals surface area contributed by atoms with Gasteiger partial charge >= 0.3 is 6.09 Å². The van der Waals surface area contributed by atoms with Gasteiger partial charge in [0.2, 0.25) is 0 Å². The standard InChI is InChI=1S/C19H24N4O3.2ClH/c1-21(25-2)19(24)26-17-8-6-16(7-9-17)15-22-11-13-23(14-12-22)18-5-3-4-10-20-18;;/h3-10H,11-15H2,1-2H3;2*1H. The van der Waals surface area contributed by atoms with Crippen molar-refractivity contribution in [2.75, 3.05) is 45.2 Å². The molecule has 1 saturated heterocycles. The number of hydrogen-bond acceptors (Lipinski definition) is 6. The fourth-order valence-electron chi connectivity index (χ4n) is 2.84. The number of carbonyl (C=O) groups excluding carboxylic acids is 1. The zero-order valence-electron chi connectivity index (χ0n) is 16.0. The summed E-state index contributed by atoms with van der Waals surface area (Å²) in [6.45, 7) is 4.80. The largest absolute Gasteiger partial charge is 0.439 e. The number of carbonyl (C=O) groups is 1. The number of benzene rings is 1. The highest BCUT2D eigenvalue weighted by molar-refractivity contribution is 5.85. The number of pyridine rings is 1. The molecule has 0 bridgehead atoms. The van der Waals surface area contributed by atoms with Crippen molar-refractivity contribution in [2.45, 2.75) is 6.54 Å². The Morgan fingerprint density at radius 3 is 2.32 bits per heavy atom. The fourth-order valence-corrected chi connectivity index (χ4v) is 2.84. The molecule has 28 heavy (non-hydrogen) atoms. The summed E-state index contributed by atoms with van der Waals surface area (Å²) in [4.78, 5) is 25.6. The summed E-state index contributed by atoms with van der Waals surface area (Å²) < 4.78 is 5.21. The van der Waals surface area contributed by atoms with Gasteiger partial charge in [0.05, 0.1) is 7.11 Å². The van der Waals surface area contributed by atoms with Crippen LogP contribution in [0.5, 0.6) is 5.75 Å². The molecule has 2 heterocycles. The Kier molecular flexibility index (Phi) is 10.0. The Morgan fingerprint density at radius 1 is 1.07 bits per heavy atom. The number of nitrogens with zero attached hydrogens (tertiary/aromatic N) is 4. The van der Waals surface area contributed by atoms with Crippen LogP contribution in [0.1, 0.15) is 5.56 Å². The van der Waals surface area contributed by atoms with Crippen LogP contribution in [0.3, 0.4) is 0 Å². The molecule has 1 aliphatic rings. The lowest BCUT2D eigenvalue weighted by Crippen LogP contribution is -2.46. The van der Waals surface area contributed by atoms with Gasteiger partial charge in [-0.3, -0.25) is 9.74 Å². The predicted octanol–water partition coefficient (Wildman–Crippen LogP) is 3.24. The Labute approximate surface area is 178 Å². The summed E-state index contributed by atoms with van der Waals surface area (Å²) in [6, 6.07) is 13.6. The number of piperazine rings is 1. The van der Waals surface area contributed by atoms with E-state index in [-0.39, 0.29) is 24.8 Å². The minimum Gasteiger partial charge on any atom is -0.409 e. The highest BCUT2D eigenvalue weighted by atomic mass is 35.5. The minimum atomic E-state index is -0.550. The van der Waals surface area contributed by atoms with Crippen molar-refractivity contribution in [2.24, 2.45) is 0 Å². The quantitative estimate of drug-likeness (QED) is 0.681. The molecule has 0 unspecified atom stereocenters. The normalized spacial score (nSPS) is 13.9. The maximum Gasteiger partial charge on any atom is 0.439 e. The van der Waals surface area contributed by atoms with Crippen LogP contribution in [-0.2, 0) is 11.4 Å². The van der Waals surface area contributed by atoms with E-state index in [1.807, 2.05) is 30.5 Å². The molecule has 0 N–H and O–H groups in total. The van der Waals surface area contributed by atoms with Crippen LogP contribution < -0.4 is 9.64 Å². The monoisotopic (exact) mass is 428 g/mol. The van der Waals surface area contributed by atoms with Gasteiger partial charge in [-0.25, -0.2) is 9.78 Å². The summed E-state index contributed by atoms with van der Waals surface area (Å²) in [6.07, 6.45) is 1.28. The molecule has 1 amide bonds. The summed E-state index contributed by atoms with van der Waals surface area (Å²) in [7, 11) is 2.92.